The van der Waals surface area contributed by atoms with E-state index >= 15 is 0 Å². The summed E-state index contributed by atoms with van der Waals surface area (Å²) < 4.78 is 29.5. The van der Waals surface area contributed by atoms with E-state index in [2.05, 4.69) is 0 Å². The maximum atomic E-state index is 12.1. The Morgan fingerprint density at radius 3 is 2.25 bits per heavy atom. The topological polar surface area (TPSA) is 92.9 Å². The number of piperazine rings is 1. The number of carbonyl (C=O) groups is 1. The molecule has 2 N–H and O–H groups in total. The van der Waals surface area contributed by atoms with Crippen LogP contribution in [0.4, 0.5) is 16.2 Å². The van der Waals surface area contributed by atoms with Crippen LogP contribution in [0, 0.1) is 0 Å². The van der Waals surface area contributed by atoms with Gasteiger partial charge in [0.25, 0.3) is 0 Å². The predicted molar refractivity (Wildman–Crippen MR) is 94.0 cm³/mol. The molecular formula is C16H25N3O4S. The van der Waals surface area contributed by atoms with Gasteiger partial charge in [0.2, 0.25) is 0 Å². The highest BCUT2D eigenvalue weighted by Gasteiger charge is 2.28. The van der Waals surface area contributed by atoms with Crippen molar-refractivity contribution in [1.82, 2.24) is 4.90 Å². The van der Waals surface area contributed by atoms with E-state index in [1.165, 1.54) is 0 Å². The van der Waals surface area contributed by atoms with Gasteiger partial charge < -0.3 is 20.3 Å². The summed E-state index contributed by atoms with van der Waals surface area (Å²) in [5, 5.41) is 0. The Kier molecular flexibility index (Phi) is 4.98. The molecule has 0 bridgehead atoms. The molecule has 0 radical (unpaired) electrons. The number of rotatable bonds is 2. The minimum absolute atomic E-state index is 0.149. The van der Waals surface area contributed by atoms with Crippen LogP contribution >= 0.6 is 0 Å². The van der Waals surface area contributed by atoms with E-state index in [4.69, 9.17) is 10.5 Å². The van der Waals surface area contributed by atoms with Crippen molar-refractivity contribution in [3.63, 3.8) is 0 Å². The summed E-state index contributed by atoms with van der Waals surface area (Å²) in [5.74, 6) is 0. The third-order valence-electron chi connectivity index (χ3n) is 3.67. The van der Waals surface area contributed by atoms with Gasteiger partial charge in [-0.25, -0.2) is 13.2 Å². The fourth-order valence-corrected chi connectivity index (χ4v) is 3.72. The third-order valence-corrected chi connectivity index (χ3v) is 4.85. The average Bonchev–Trinajstić information content (AvgIpc) is 2.44. The highest BCUT2D eigenvalue weighted by Crippen LogP contribution is 2.31. The molecule has 24 heavy (non-hydrogen) atoms. The van der Waals surface area contributed by atoms with Crippen LogP contribution in [-0.2, 0) is 14.6 Å². The molecule has 1 aromatic carbocycles. The molecule has 1 aliphatic heterocycles. The summed E-state index contributed by atoms with van der Waals surface area (Å²) >= 11 is 0. The third kappa shape index (κ3) is 4.31. The van der Waals surface area contributed by atoms with Crippen LogP contribution in [0.3, 0.4) is 0 Å². The molecule has 0 saturated carbocycles. The Morgan fingerprint density at radius 1 is 1.17 bits per heavy atom. The number of hydrogen-bond donors (Lipinski definition) is 1. The molecule has 0 aromatic heterocycles. The largest absolute Gasteiger partial charge is 0.444 e. The first-order valence-corrected chi connectivity index (χ1v) is 9.69. The number of nitrogen functional groups attached to an aromatic ring is 1. The van der Waals surface area contributed by atoms with Gasteiger partial charge in [0.15, 0.2) is 9.84 Å². The smallest absolute Gasteiger partial charge is 0.410 e. The van der Waals surface area contributed by atoms with Gasteiger partial charge in [-0.15, -0.1) is 0 Å². The second-order valence-electron chi connectivity index (χ2n) is 6.92. The molecular weight excluding hydrogens is 330 g/mol. The highest BCUT2D eigenvalue weighted by atomic mass is 32.2. The number of ether oxygens (including phenoxy) is 1. The molecule has 1 aromatic rings. The van der Waals surface area contributed by atoms with Crippen molar-refractivity contribution in [1.29, 1.82) is 0 Å². The molecule has 8 heteroatoms. The second kappa shape index (κ2) is 6.51. The molecule has 2 rings (SSSR count). The van der Waals surface area contributed by atoms with E-state index in [1.54, 1.807) is 23.1 Å². The number of sulfone groups is 1. The molecule has 134 valence electrons. The molecule has 1 fully saturated rings. The van der Waals surface area contributed by atoms with Crippen LogP contribution in [0.5, 0.6) is 0 Å². The number of nitrogens with zero attached hydrogens (tertiary/aromatic N) is 2. The first-order chi connectivity index (χ1) is 11.0. The lowest BCUT2D eigenvalue weighted by Crippen LogP contribution is -2.50. The van der Waals surface area contributed by atoms with Crippen molar-refractivity contribution in [2.45, 2.75) is 31.3 Å². The lowest BCUT2D eigenvalue weighted by Gasteiger charge is -2.37. The number of nitrogens with two attached hydrogens (primary N) is 1. The Hall–Kier alpha value is -1.96. The van der Waals surface area contributed by atoms with E-state index in [1.807, 2.05) is 25.7 Å². The van der Waals surface area contributed by atoms with Crippen molar-refractivity contribution >= 4 is 27.3 Å². The molecule has 1 aliphatic rings. The van der Waals surface area contributed by atoms with Crippen molar-refractivity contribution in [3.05, 3.63) is 18.2 Å². The zero-order valence-electron chi connectivity index (χ0n) is 14.6. The van der Waals surface area contributed by atoms with Gasteiger partial charge in [-0.1, -0.05) is 6.07 Å². The molecule has 1 saturated heterocycles. The SMILES string of the molecule is CC(C)(C)OC(=O)N1CCN(c2cccc(N)c2S(C)(=O)=O)CC1. The van der Waals surface area contributed by atoms with Crippen molar-refractivity contribution in [2.24, 2.45) is 0 Å². The minimum atomic E-state index is -3.44. The zero-order chi connectivity index (χ0) is 18.1. The number of anilines is 2. The fourth-order valence-electron chi connectivity index (χ4n) is 2.65. The molecule has 7 nitrogen and oxygen atoms in total. The first kappa shape index (κ1) is 18.4. The average molecular weight is 355 g/mol. The summed E-state index contributed by atoms with van der Waals surface area (Å²) in [6.45, 7) is 7.45. The Bertz CT molecular complexity index is 717. The van der Waals surface area contributed by atoms with Crippen molar-refractivity contribution in [3.8, 4) is 0 Å². The van der Waals surface area contributed by atoms with Crippen molar-refractivity contribution < 1.29 is 17.9 Å². The summed E-state index contributed by atoms with van der Waals surface area (Å²) in [7, 11) is -3.44. The minimum Gasteiger partial charge on any atom is -0.444 e. The zero-order valence-corrected chi connectivity index (χ0v) is 15.4. The lowest BCUT2D eigenvalue weighted by atomic mass is 10.2. The molecule has 0 spiro atoms. The van der Waals surface area contributed by atoms with E-state index < -0.39 is 15.4 Å². The quantitative estimate of drug-likeness (QED) is 0.812. The van der Waals surface area contributed by atoms with Crippen LogP contribution in [-0.4, -0.2) is 57.4 Å². The lowest BCUT2D eigenvalue weighted by molar-refractivity contribution is 0.0240. The molecule has 0 aliphatic carbocycles. The number of carbonyl (C=O) groups excluding carboxylic acids is 1. The van der Waals surface area contributed by atoms with Gasteiger partial charge in [0.05, 0.1) is 11.4 Å². The highest BCUT2D eigenvalue weighted by molar-refractivity contribution is 7.91. The van der Waals surface area contributed by atoms with Gasteiger partial charge in [-0.2, -0.15) is 0 Å². The second-order valence-corrected chi connectivity index (χ2v) is 8.87. The van der Waals surface area contributed by atoms with Gasteiger partial charge in [0.1, 0.15) is 10.5 Å². The summed E-state index contributed by atoms with van der Waals surface area (Å²) in [5.41, 5.74) is 6.16. The molecule has 0 atom stereocenters. The first-order valence-electron chi connectivity index (χ1n) is 7.80. The van der Waals surface area contributed by atoms with Crippen LogP contribution in [0.1, 0.15) is 20.8 Å². The van der Waals surface area contributed by atoms with Crippen LogP contribution < -0.4 is 10.6 Å². The fraction of sp³-hybridized carbons (Fsp3) is 0.562. The van der Waals surface area contributed by atoms with Gasteiger partial charge in [-0.05, 0) is 32.9 Å². The van der Waals surface area contributed by atoms with E-state index in [0.717, 1.165) is 6.26 Å². The molecule has 1 amide bonds. The monoisotopic (exact) mass is 355 g/mol. The Labute approximate surface area is 143 Å². The standard InChI is InChI=1S/C16H25N3O4S/c1-16(2,3)23-15(20)19-10-8-18(9-11-19)13-7-5-6-12(17)14(13)24(4,21)22/h5-7H,8-11,17H2,1-4H3. The van der Waals surface area contributed by atoms with Gasteiger partial charge in [0, 0.05) is 32.4 Å². The van der Waals surface area contributed by atoms with Crippen LogP contribution in [0.2, 0.25) is 0 Å². The molecule has 0 unspecified atom stereocenters. The van der Waals surface area contributed by atoms with Gasteiger partial charge >= 0.3 is 6.09 Å². The van der Waals surface area contributed by atoms with Gasteiger partial charge in [-0.3, -0.25) is 0 Å². The predicted octanol–water partition coefficient (Wildman–Crippen LogP) is 1.73. The normalized spacial score (nSPS) is 16.2. The maximum Gasteiger partial charge on any atom is 0.410 e. The number of benzene rings is 1. The summed E-state index contributed by atoms with van der Waals surface area (Å²) in [6, 6.07) is 5.06. The van der Waals surface area contributed by atoms with Crippen LogP contribution in [0.15, 0.2) is 23.1 Å². The van der Waals surface area contributed by atoms with E-state index in [9.17, 15) is 13.2 Å². The van der Waals surface area contributed by atoms with E-state index in [-0.39, 0.29) is 16.7 Å². The van der Waals surface area contributed by atoms with Crippen molar-refractivity contribution in [2.75, 3.05) is 43.1 Å². The maximum absolute atomic E-state index is 12.1. The Balaban J connectivity index is 2.14. The summed E-state index contributed by atoms with van der Waals surface area (Å²) in [4.78, 5) is 15.8. The van der Waals surface area contributed by atoms with Crippen LogP contribution in [0.25, 0.3) is 0 Å². The van der Waals surface area contributed by atoms with E-state index in [0.29, 0.717) is 31.9 Å². The Morgan fingerprint density at radius 2 is 1.75 bits per heavy atom. The number of hydrogen-bond acceptors (Lipinski definition) is 6. The molecule has 1 heterocycles. The number of amides is 1. The summed E-state index contributed by atoms with van der Waals surface area (Å²) in [6.07, 6.45) is 0.803.